The van der Waals surface area contributed by atoms with Crippen LogP contribution < -0.4 is 15.8 Å². The van der Waals surface area contributed by atoms with Crippen LogP contribution in [-0.4, -0.2) is 30.5 Å². The predicted molar refractivity (Wildman–Crippen MR) is 84.8 cm³/mol. The summed E-state index contributed by atoms with van der Waals surface area (Å²) in [6.07, 6.45) is -0.117. The second kappa shape index (κ2) is 10.6. The van der Waals surface area contributed by atoms with E-state index in [9.17, 15) is 8.78 Å². The van der Waals surface area contributed by atoms with E-state index in [1.54, 1.807) is 12.1 Å². The highest BCUT2D eigenvalue weighted by molar-refractivity contribution is 14.0. The van der Waals surface area contributed by atoms with E-state index < -0.39 is 13.0 Å². The molecule has 3 N–H and O–H groups in total. The lowest BCUT2D eigenvalue weighted by Gasteiger charge is -2.08. The van der Waals surface area contributed by atoms with Crippen molar-refractivity contribution in [2.45, 2.75) is 26.3 Å². The first-order chi connectivity index (χ1) is 9.13. The maximum absolute atomic E-state index is 12.1. The van der Waals surface area contributed by atoms with Gasteiger partial charge in [0.05, 0.1) is 6.54 Å². The minimum absolute atomic E-state index is 0. The lowest BCUT2D eigenvalue weighted by Crippen LogP contribution is -2.32. The van der Waals surface area contributed by atoms with E-state index in [1.165, 1.54) is 6.20 Å². The van der Waals surface area contributed by atoms with E-state index in [0.29, 0.717) is 11.5 Å². The molecule has 0 aromatic carbocycles. The summed E-state index contributed by atoms with van der Waals surface area (Å²) in [5.74, 6) is 0.473. The van der Waals surface area contributed by atoms with Crippen molar-refractivity contribution in [2.75, 3.05) is 13.2 Å². The van der Waals surface area contributed by atoms with Crippen LogP contribution in [0.2, 0.25) is 0 Å². The van der Waals surface area contributed by atoms with Gasteiger partial charge in [0, 0.05) is 18.3 Å². The Balaban J connectivity index is 0.00000361. The van der Waals surface area contributed by atoms with Crippen LogP contribution in [0.3, 0.4) is 0 Å². The highest BCUT2D eigenvalue weighted by Crippen LogP contribution is 2.15. The third-order valence-electron chi connectivity index (χ3n) is 2.17. The summed E-state index contributed by atoms with van der Waals surface area (Å²) in [5, 5.41) is 2.92. The minimum atomic E-state index is -2.53. The van der Waals surface area contributed by atoms with Crippen LogP contribution in [0.1, 0.15) is 18.9 Å². The Kier molecular flexibility index (Phi) is 9.95. The molecule has 0 unspecified atom stereocenters. The number of halogens is 3. The lowest BCUT2D eigenvalue weighted by molar-refractivity contribution is 0.0791. The number of nitrogens with two attached hydrogens (primary N) is 1. The molecule has 0 fully saturated rings. The van der Waals surface area contributed by atoms with Gasteiger partial charge in [-0.3, -0.25) is 0 Å². The highest BCUT2D eigenvalue weighted by Gasteiger charge is 2.08. The molecule has 8 heteroatoms. The molecule has 0 spiro atoms. The number of pyridine rings is 1. The molecule has 1 rings (SSSR count). The fourth-order valence-electron chi connectivity index (χ4n) is 1.30. The SMILES string of the molecule is CCCNC(N)=NCc1cccnc1OCC(F)F.I. The summed E-state index contributed by atoms with van der Waals surface area (Å²) < 4.78 is 29.1. The number of hydrogen-bond acceptors (Lipinski definition) is 3. The van der Waals surface area contributed by atoms with Gasteiger partial charge in [-0.15, -0.1) is 24.0 Å². The number of hydrogen-bond donors (Lipinski definition) is 2. The first-order valence-corrected chi connectivity index (χ1v) is 6.02. The van der Waals surface area contributed by atoms with Gasteiger partial charge in [0.25, 0.3) is 6.43 Å². The molecule has 114 valence electrons. The zero-order valence-corrected chi connectivity index (χ0v) is 13.5. The summed E-state index contributed by atoms with van der Waals surface area (Å²) in [6, 6.07) is 3.40. The number of nitrogens with zero attached hydrogens (tertiary/aromatic N) is 2. The summed E-state index contributed by atoms with van der Waals surface area (Å²) in [7, 11) is 0. The number of guanidine groups is 1. The molecular formula is C12H19F2IN4O. The molecule has 0 aliphatic carbocycles. The van der Waals surface area contributed by atoms with E-state index in [-0.39, 0.29) is 36.4 Å². The van der Waals surface area contributed by atoms with E-state index in [2.05, 4.69) is 15.3 Å². The third-order valence-corrected chi connectivity index (χ3v) is 2.17. The average molecular weight is 400 g/mol. The van der Waals surface area contributed by atoms with Crippen molar-refractivity contribution in [3.63, 3.8) is 0 Å². The van der Waals surface area contributed by atoms with E-state index in [4.69, 9.17) is 10.5 Å². The zero-order valence-electron chi connectivity index (χ0n) is 11.2. The van der Waals surface area contributed by atoms with Crippen molar-refractivity contribution < 1.29 is 13.5 Å². The Labute approximate surface area is 134 Å². The van der Waals surface area contributed by atoms with Crippen LogP contribution in [0.4, 0.5) is 8.78 Å². The highest BCUT2D eigenvalue weighted by atomic mass is 127. The Morgan fingerprint density at radius 2 is 2.30 bits per heavy atom. The minimum Gasteiger partial charge on any atom is -0.471 e. The molecule has 0 radical (unpaired) electrons. The zero-order chi connectivity index (χ0) is 14.1. The van der Waals surface area contributed by atoms with Crippen molar-refractivity contribution >= 4 is 29.9 Å². The van der Waals surface area contributed by atoms with Gasteiger partial charge in [-0.05, 0) is 12.5 Å². The van der Waals surface area contributed by atoms with Gasteiger partial charge < -0.3 is 15.8 Å². The molecule has 1 heterocycles. The van der Waals surface area contributed by atoms with Gasteiger partial charge in [0.15, 0.2) is 12.6 Å². The first kappa shape index (κ1) is 18.8. The summed E-state index contributed by atoms with van der Waals surface area (Å²) in [5.41, 5.74) is 6.25. The van der Waals surface area contributed by atoms with Gasteiger partial charge in [-0.1, -0.05) is 13.0 Å². The molecule has 0 bridgehead atoms. The molecule has 0 amide bonds. The Morgan fingerprint density at radius 3 is 2.95 bits per heavy atom. The Morgan fingerprint density at radius 1 is 1.55 bits per heavy atom. The van der Waals surface area contributed by atoms with Gasteiger partial charge in [-0.2, -0.15) is 0 Å². The lowest BCUT2D eigenvalue weighted by atomic mass is 10.3. The van der Waals surface area contributed by atoms with Crippen LogP contribution in [0.5, 0.6) is 5.88 Å². The summed E-state index contributed by atoms with van der Waals surface area (Å²) >= 11 is 0. The third kappa shape index (κ3) is 7.41. The molecule has 0 aliphatic rings. The maximum Gasteiger partial charge on any atom is 0.272 e. The standard InChI is InChI=1S/C12H18F2N4O.HI/c1-2-5-17-12(15)18-7-9-4-3-6-16-11(9)19-8-10(13)14;/h3-4,6,10H,2,5,7-8H2,1H3,(H3,15,17,18);1H. The van der Waals surface area contributed by atoms with Crippen LogP contribution >= 0.6 is 24.0 Å². The van der Waals surface area contributed by atoms with E-state index in [1.807, 2.05) is 6.92 Å². The van der Waals surface area contributed by atoms with Crippen molar-refractivity contribution in [2.24, 2.45) is 10.7 Å². The molecule has 0 saturated carbocycles. The van der Waals surface area contributed by atoms with Crippen LogP contribution in [0, 0.1) is 0 Å². The predicted octanol–water partition coefficient (Wildman–Crippen LogP) is 2.16. The molecule has 0 atom stereocenters. The number of alkyl halides is 2. The first-order valence-electron chi connectivity index (χ1n) is 6.02. The second-order valence-corrected chi connectivity index (χ2v) is 3.80. The molecular weight excluding hydrogens is 381 g/mol. The van der Waals surface area contributed by atoms with Crippen LogP contribution in [-0.2, 0) is 6.54 Å². The van der Waals surface area contributed by atoms with Crippen LogP contribution in [0.15, 0.2) is 23.3 Å². The molecule has 1 aromatic rings. The number of ether oxygens (including phenoxy) is 1. The Bertz CT molecular complexity index is 418. The normalized spacial score (nSPS) is 11.1. The fraction of sp³-hybridized carbons (Fsp3) is 0.500. The van der Waals surface area contributed by atoms with Gasteiger partial charge in [0.2, 0.25) is 5.88 Å². The quantitative estimate of drug-likeness (QED) is 0.418. The van der Waals surface area contributed by atoms with Gasteiger partial charge >= 0.3 is 0 Å². The second-order valence-electron chi connectivity index (χ2n) is 3.80. The van der Waals surface area contributed by atoms with E-state index >= 15 is 0 Å². The van der Waals surface area contributed by atoms with Crippen molar-refractivity contribution in [3.05, 3.63) is 23.9 Å². The molecule has 1 aromatic heterocycles. The Hall–Kier alpha value is -1.19. The molecule has 0 saturated heterocycles. The fourth-order valence-corrected chi connectivity index (χ4v) is 1.30. The van der Waals surface area contributed by atoms with Gasteiger partial charge in [-0.25, -0.2) is 18.8 Å². The van der Waals surface area contributed by atoms with Crippen LogP contribution in [0.25, 0.3) is 0 Å². The molecule has 20 heavy (non-hydrogen) atoms. The van der Waals surface area contributed by atoms with Gasteiger partial charge in [0.1, 0.15) is 0 Å². The summed E-state index contributed by atoms with van der Waals surface area (Å²) in [6.45, 7) is 2.29. The largest absolute Gasteiger partial charge is 0.471 e. The maximum atomic E-state index is 12.1. The smallest absolute Gasteiger partial charge is 0.272 e. The average Bonchev–Trinajstić information content (AvgIpc) is 2.41. The van der Waals surface area contributed by atoms with Crippen molar-refractivity contribution in [1.29, 1.82) is 0 Å². The van der Waals surface area contributed by atoms with Crippen molar-refractivity contribution in [3.8, 4) is 5.88 Å². The summed E-state index contributed by atoms with van der Waals surface area (Å²) in [4.78, 5) is 8.00. The molecule has 5 nitrogen and oxygen atoms in total. The molecule has 0 aliphatic heterocycles. The van der Waals surface area contributed by atoms with E-state index in [0.717, 1.165) is 13.0 Å². The topological polar surface area (TPSA) is 72.5 Å². The monoisotopic (exact) mass is 400 g/mol. The van der Waals surface area contributed by atoms with Crippen molar-refractivity contribution in [1.82, 2.24) is 10.3 Å². The number of aliphatic imine (C=N–C) groups is 1. The number of rotatable bonds is 7. The number of aromatic nitrogens is 1. The number of nitrogens with one attached hydrogen (secondary N) is 1.